The Bertz CT molecular complexity index is 1120. The van der Waals surface area contributed by atoms with E-state index in [1.54, 1.807) is 11.8 Å². The van der Waals surface area contributed by atoms with Gasteiger partial charge < -0.3 is 5.32 Å². The van der Waals surface area contributed by atoms with Gasteiger partial charge in [0.05, 0.1) is 23.5 Å². The second kappa shape index (κ2) is 10.2. The monoisotopic (exact) mass is 451 g/mol. The minimum atomic E-state index is -0.189. The molecule has 1 N–H and O–H groups in total. The van der Waals surface area contributed by atoms with Crippen LogP contribution in [0.3, 0.4) is 0 Å². The molecule has 0 saturated heterocycles. The van der Waals surface area contributed by atoms with E-state index >= 15 is 0 Å². The highest BCUT2D eigenvalue weighted by molar-refractivity contribution is 7.99. The maximum absolute atomic E-state index is 6.70. The minimum absolute atomic E-state index is 0.189. The lowest BCUT2D eigenvalue weighted by atomic mass is 10.1. The van der Waals surface area contributed by atoms with Gasteiger partial charge in [0, 0.05) is 11.8 Å². The van der Waals surface area contributed by atoms with E-state index in [-0.39, 0.29) is 5.38 Å². The molecule has 5 nitrogen and oxygen atoms in total. The summed E-state index contributed by atoms with van der Waals surface area (Å²) in [6.07, 6.45) is 2.88. The van der Waals surface area contributed by atoms with Crippen LogP contribution in [0.4, 0.5) is 5.82 Å². The van der Waals surface area contributed by atoms with E-state index in [9.17, 15) is 0 Å². The molecule has 2 atom stereocenters. The Kier molecular flexibility index (Phi) is 7.10. The largest absolute Gasteiger partial charge is 0.365 e. The summed E-state index contributed by atoms with van der Waals surface area (Å²) in [5, 5.41) is 9.98. The molecule has 0 fully saturated rings. The first-order valence-electron chi connectivity index (χ1n) is 10.5. The average Bonchev–Trinajstić information content (AvgIpc) is 3.21. The molecule has 0 aliphatic rings. The van der Waals surface area contributed by atoms with Gasteiger partial charge >= 0.3 is 0 Å². The highest BCUT2D eigenvalue weighted by atomic mass is 35.5. The lowest BCUT2D eigenvalue weighted by Gasteiger charge is -2.13. The van der Waals surface area contributed by atoms with Gasteiger partial charge in [-0.15, -0.1) is 11.6 Å². The molecular weight excluding hydrogens is 426 g/mol. The fourth-order valence-electron chi connectivity index (χ4n) is 3.22. The molecule has 2 aromatic carbocycles. The predicted octanol–water partition coefficient (Wildman–Crippen LogP) is 6.31. The SMILES string of the molecule is CCC(C)Sc1nc(NCc2ccccc2)c2cnn(CC(Cl)c3ccccc3)c2n1. The first kappa shape index (κ1) is 21.7. The van der Waals surface area contributed by atoms with Crippen LogP contribution in [0.5, 0.6) is 0 Å². The van der Waals surface area contributed by atoms with Crippen molar-refractivity contribution in [1.29, 1.82) is 0 Å². The molecular formula is C24H26ClN5S. The van der Waals surface area contributed by atoms with Crippen LogP contribution in [-0.4, -0.2) is 25.0 Å². The van der Waals surface area contributed by atoms with Gasteiger partial charge in [0.25, 0.3) is 0 Å². The number of hydrogen-bond donors (Lipinski definition) is 1. The number of anilines is 1. The summed E-state index contributed by atoms with van der Waals surface area (Å²) in [6.45, 7) is 5.59. The number of nitrogens with zero attached hydrogens (tertiary/aromatic N) is 4. The van der Waals surface area contributed by atoms with E-state index < -0.39 is 0 Å². The molecule has 4 aromatic rings. The highest BCUT2D eigenvalue weighted by Crippen LogP contribution is 2.30. The number of halogens is 1. The summed E-state index contributed by atoms with van der Waals surface area (Å²) in [6, 6.07) is 20.4. The van der Waals surface area contributed by atoms with Crippen LogP contribution < -0.4 is 5.32 Å². The third kappa shape index (κ3) is 5.38. The van der Waals surface area contributed by atoms with Crippen molar-refractivity contribution in [2.45, 2.75) is 49.1 Å². The first-order chi connectivity index (χ1) is 15.1. The van der Waals surface area contributed by atoms with Crippen molar-refractivity contribution in [1.82, 2.24) is 19.7 Å². The topological polar surface area (TPSA) is 55.6 Å². The van der Waals surface area contributed by atoms with E-state index in [0.29, 0.717) is 18.3 Å². The number of thioether (sulfide) groups is 1. The summed E-state index contributed by atoms with van der Waals surface area (Å²) in [5.41, 5.74) is 3.07. The van der Waals surface area contributed by atoms with Crippen LogP contribution in [0.15, 0.2) is 72.0 Å². The molecule has 0 amide bonds. The van der Waals surface area contributed by atoms with Gasteiger partial charge in [0.2, 0.25) is 0 Å². The summed E-state index contributed by atoms with van der Waals surface area (Å²) in [7, 11) is 0. The fourth-order valence-corrected chi connectivity index (χ4v) is 4.31. The molecule has 0 radical (unpaired) electrons. The maximum Gasteiger partial charge on any atom is 0.191 e. The molecule has 0 spiro atoms. The van der Waals surface area contributed by atoms with Crippen LogP contribution in [0, 0.1) is 0 Å². The Labute approximate surface area is 192 Å². The molecule has 0 aliphatic carbocycles. The van der Waals surface area contributed by atoms with Crippen molar-refractivity contribution in [3.05, 3.63) is 78.0 Å². The van der Waals surface area contributed by atoms with Crippen LogP contribution >= 0.6 is 23.4 Å². The van der Waals surface area contributed by atoms with Crippen molar-refractivity contribution in [2.75, 3.05) is 5.32 Å². The molecule has 7 heteroatoms. The highest BCUT2D eigenvalue weighted by Gasteiger charge is 2.17. The zero-order valence-electron chi connectivity index (χ0n) is 17.7. The van der Waals surface area contributed by atoms with Crippen molar-refractivity contribution >= 4 is 40.2 Å². The zero-order valence-corrected chi connectivity index (χ0v) is 19.3. The number of alkyl halides is 1. The van der Waals surface area contributed by atoms with E-state index in [0.717, 1.165) is 34.0 Å². The van der Waals surface area contributed by atoms with Gasteiger partial charge in [-0.1, -0.05) is 86.3 Å². The number of aromatic nitrogens is 4. The van der Waals surface area contributed by atoms with Crippen molar-refractivity contribution in [3.63, 3.8) is 0 Å². The second-order valence-corrected chi connectivity index (χ2v) is 9.41. The minimum Gasteiger partial charge on any atom is -0.365 e. The van der Waals surface area contributed by atoms with Crippen LogP contribution in [0.2, 0.25) is 0 Å². The Morgan fingerprint density at radius 1 is 1.03 bits per heavy atom. The molecule has 2 unspecified atom stereocenters. The lowest BCUT2D eigenvalue weighted by Crippen LogP contribution is -2.09. The molecule has 0 aliphatic heterocycles. The van der Waals surface area contributed by atoms with Gasteiger partial charge in [0.15, 0.2) is 10.8 Å². The summed E-state index contributed by atoms with van der Waals surface area (Å²) >= 11 is 8.39. The van der Waals surface area contributed by atoms with E-state index in [2.05, 4.69) is 36.4 Å². The smallest absolute Gasteiger partial charge is 0.191 e. The Hall–Kier alpha value is -2.57. The number of rotatable bonds is 9. The van der Waals surface area contributed by atoms with Crippen LogP contribution in [-0.2, 0) is 13.1 Å². The van der Waals surface area contributed by atoms with Crippen molar-refractivity contribution in [3.8, 4) is 0 Å². The van der Waals surface area contributed by atoms with Crippen LogP contribution in [0.25, 0.3) is 11.0 Å². The Morgan fingerprint density at radius 2 is 1.74 bits per heavy atom. The summed E-state index contributed by atoms with van der Waals surface area (Å²) in [5.74, 6) is 0.803. The van der Waals surface area contributed by atoms with Crippen LogP contribution in [0.1, 0.15) is 36.8 Å². The molecule has 2 aromatic heterocycles. The molecule has 4 rings (SSSR count). The number of nitrogens with one attached hydrogen (secondary N) is 1. The average molecular weight is 452 g/mol. The first-order valence-corrected chi connectivity index (χ1v) is 11.8. The number of benzene rings is 2. The maximum atomic E-state index is 6.70. The van der Waals surface area contributed by atoms with E-state index in [1.165, 1.54) is 5.56 Å². The Morgan fingerprint density at radius 3 is 2.45 bits per heavy atom. The molecule has 160 valence electrons. The third-order valence-electron chi connectivity index (χ3n) is 5.15. The molecule has 0 saturated carbocycles. The van der Waals surface area contributed by atoms with Crippen molar-refractivity contribution in [2.24, 2.45) is 0 Å². The summed E-state index contributed by atoms with van der Waals surface area (Å²) < 4.78 is 1.88. The number of hydrogen-bond acceptors (Lipinski definition) is 5. The Balaban J connectivity index is 1.65. The lowest BCUT2D eigenvalue weighted by molar-refractivity contribution is 0.613. The van der Waals surface area contributed by atoms with E-state index in [1.807, 2.05) is 59.4 Å². The van der Waals surface area contributed by atoms with E-state index in [4.69, 9.17) is 21.6 Å². The molecule has 31 heavy (non-hydrogen) atoms. The standard InChI is InChI=1S/C24H26ClN5S/c1-3-17(2)31-24-28-22(26-14-18-10-6-4-7-11-18)20-15-27-30(23(20)29-24)16-21(25)19-12-8-5-9-13-19/h4-13,15,17,21H,3,14,16H2,1-2H3,(H,26,28,29). The zero-order chi connectivity index (χ0) is 21.6. The summed E-state index contributed by atoms with van der Waals surface area (Å²) in [4.78, 5) is 9.65. The van der Waals surface area contributed by atoms with Gasteiger partial charge in [0.1, 0.15) is 5.82 Å². The third-order valence-corrected chi connectivity index (χ3v) is 6.67. The van der Waals surface area contributed by atoms with Gasteiger partial charge in [-0.3, -0.25) is 0 Å². The predicted molar refractivity (Wildman–Crippen MR) is 130 cm³/mol. The van der Waals surface area contributed by atoms with Gasteiger partial charge in [-0.2, -0.15) is 5.10 Å². The van der Waals surface area contributed by atoms with Gasteiger partial charge in [-0.25, -0.2) is 14.6 Å². The normalized spacial score (nSPS) is 13.3. The molecule has 2 heterocycles. The second-order valence-electron chi connectivity index (χ2n) is 7.47. The number of fused-ring (bicyclic) bond motifs is 1. The quantitative estimate of drug-likeness (QED) is 0.183. The molecule has 0 bridgehead atoms. The fraction of sp³-hybridized carbons (Fsp3) is 0.292. The van der Waals surface area contributed by atoms with Crippen molar-refractivity contribution < 1.29 is 0 Å². The van der Waals surface area contributed by atoms with Gasteiger partial charge in [-0.05, 0) is 17.5 Å².